The molecule has 2 aromatic carbocycles. The first-order valence-corrected chi connectivity index (χ1v) is 9.41. The highest BCUT2D eigenvalue weighted by Crippen LogP contribution is 2.39. The minimum Gasteiger partial charge on any atom is -0.497 e. The maximum atomic E-state index is 12.8. The number of nitrogens with zero attached hydrogens (tertiary/aromatic N) is 2. The topological polar surface area (TPSA) is 76.4 Å². The smallest absolute Gasteiger partial charge is 0.270 e. The Morgan fingerprint density at radius 3 is 2.57 bits per heavy atom. The van der Waals surface area contributed by atoms with E-state index in [1.165, 1.54) is 0 Å². The SMILES string of the molecule is COc1ccc(C(O)CNC(=O)c2cc(C3CC3)nn2-c2ccccc2)cc1. The number of aromatic nitrogens is 2. The van der Waals surface area contributed by atoms with E-state index in [0.29, 0.717) is 11.6 Å². The molecule has 6 heteroatoms. The monoisotopic (exact) mass is 377 g/mol. The van der Waals surface area contributed by atoms with Crippen LogP contribution in [0.3, 0.4) is 0 Å². The normalized spacial score (nSPS) is 14.5. The third-order valence-corrected chi connectivity index (χ3v) is 4.91. The molecule has 4 rings (SSSR count). The first kappa shape index (κ1) is 18.3. The summed E-state index contributed by atoms with van der Waals surface area (Å²) in [6, 6.07) is 18.6. The molecule has 1 amide bonds. The fourth-order valence-electron chi connectivity index (χ4n) is 3.13. The largest absolute Gasteiger partial charge is 0.497 e. The lowest BCUT2D eigenvalue weighted by Crippen LogP contribution is -2.30. The number of nitrogens with one attached hydrogen (secondary N) is 1. The standard InChI is InChI=1S/C22H23N3O3/c1-28-18-11-9-16(10-12-18)21(26)14-23-22(27)20-13-19(15-7-8-15)24-25(20)17-5-3-2-4-6-17/h2-6,9-13,15,21,26H,7-8,14H2,1H3,(H,23,27). The molecule has 1 aliphatic carbocycles. The second-order valence-electron chi connectivity index (χ2n) is 6.98. The van der Waals surface area contributed by atoms with Gasteiger partial charge in [0.15, 0.2) is 0 Å². The molecule has 0 saturated heterocycles. The maximum absolute atomic E-state index is 12.8. The fraction of sp³-hybridized carbons (Fsp3) is 0.273. The number of amides is 1. The van der Waals surface area contributed by atoms with Crippen molar-refractivity contribution < 1.29 is 14.6 Å². The minimum atomic E-state index is -0.800. The summed E-state index contributed by atoms with van der Waals surface area (Å²) in [4.78, 5) is 12.8. The van der Waals surface area contributed by atoms with Crippen molar-refractivity contribution in [2.45, 2.75) is 24.9 Å². The van der Waals surface area contributed by atoms with Gasteiger partial charge in [-0.1, -0.05) is 30.3 Å². The highest BCUT2D eigenvalue weighted by atomic mass is 16.5. The molecule has 0 aliphatic heterocycles. The molecule has 6 nitrogen and oxygen atoms in total. The highest BCUT2D eigenvalue weighted by molar-refractivity contribution is 5.93. The maximum Gasteiger partial charge on any atom is 0.270 e. The van der Waals surface area contributed by atoms with Crippen LogP contribution in [0.15, 0.2) is 60.7 Å². The van der Waals surface area contributed by atoms with Gasteiger partial charge in [0.05, 0.1) is 24.6 Å². The molecule has 3 aromatic rings. The molecule has 1 aromatic heterocycles. The number of hydrogen-bond donors (Lipinski definition) is 2. The van der Waals surface area contributed by atoms with Crippen molar-refractivity contribution in [3.05, 3.63) is 77.6 Å². The molecule has 1 saturated carbocycles. The van der Waals surface area contributed by atoms with Crippen LogP contribution in [0.1, 0.15) is 46.6 Å². The van der Waals surface area contributed by atoms with Gasteiger partial charge in [-0.05, 0) is 48.7 Å². The molecule has 144 valence electrons. The molecule has 0 bridgehead atoms. The van der Waals surface area contributed by atoms with Crippen LogP contribution < -0.4 is 10.1 Å². The van der Waals surface area contributed by atoms with E-state index in [0.717, 1.165) is 35.5 Å². The average Bonchev–Trinajstić information content (AvgIpc) is 3.50. The molecule has 1 fully saturated rings. The zero-order valence-corrected chi connectivity index (χ0v) is 15.7. The number of rotatable bonds is 7. The van der Waals surface area contributed by atoms with Crippen LogP contribution in [0.4, 0.5) is 0 Å². The Labute approximate surface area is 163 Å². The van der Waals surface area contributed by atoms with Gasteiger partial charge in [-0.3, -0.25) is 4.79 Å². The molecular formula is C22H23N3O3. The quantitative estimate of drug-likeness (QED) is 0.663. The van der Waals surface area contributed by atoms with Gasteiger partial charge in [-0.15, -0.1) is 0 Å². The Bertz CT molecular complexity index is 947. The number of para-hydroxylation sites is 1. The van der Waals surface area contributed by atoms with E-state index >= 15 is 0 Å². The molecule has 1 unspecified atom stereocenters. The predicted molar refractivity (Wildman–Crippen MR) is 106 cm³/mol. The van der Waals surface area contributed by atoms with Gasteiger partial charge >= 0.3 is 0 Å². The average molecular weight is 377 g/mol. The molecule has 0 radical (unpaired) electrons. The van der Waals surface area contributed by atoms with Crippen LogP contribution in [0.2, 0.25) is 0 Å². The number of benzene rings is 2. The number of ether oxygens (including phenoxy) is 1. The zero-order chi connectivity index (χ0) is 19.5. The number of carbonyl (C=O) groups excluding carboxylic acids is 1. The molecule has 1 heterocycles. The number of carbonyl (C=O) groups is 1. The first-order valence-electron chi connectivity index (χ1n) is 9.41. The van der Waals surface area contributed by atoms with Crippen LogP contribution in [0.25, 0.3) is 5.69 Å². The van der Waals surface area contributed by atoms with Crippen LogP contribution >= 0.6 is 0 Å². The van der Waals surface area contributed by atoms with Gasteiger partial charge in [0.2, 0.25) is 0 Å². The molecule has 28 heavy (non-hydrogen) atoms. The summed E-state index contributed by atoms with van der Waals surface area (Å²) in [6.45, 7) is 0.115. The Kier molecular flexibility index (Phi) is 5.12. The summed E-state index contributed by atoms with van der Waals surface area (Å²) in [6.07, 6.45) is 1.43. The van der Waals surface area contributed by atoms with Crippen LogP contribution in [-0.2, 0) is 0 Å². The second-order valence-corrected chi connectivity index (χ2v) is 6.98. The summed E-state index contributed by atoms with van der Waals surface area (Å²) >= 11 is 0. The minimum absolute atomic E-state index is 0.115. The highest BCUT2D eigenvalue weighted by Gasteiger charge is 2.29. The van der Waals surface area contributed by atoms with Crippen LogP contribution in [0.5, 0.6) is 5.75 Å². The van der Waals surface area contributed by atoms with Crippen molar-refractivity contribution in [1.29, 1.82) is 0 Å². The van der Waals surface area contributed by atoms with Crippen molar-refractivity contribution in [3.8, 4) is 11.4 Å². The second kappa shape index (κ2) is 7.86. The molecule has 2 N–H and O–H groups in total. The Morgan fingerprint density at radius 2 is 1.93 bits per heavy atom. The predicted octanol–water partition coefficient (Wildman–Crippen LogP) is 3.22. The van der Waals surface area contributed by atoms with Gasteiger partial charge in [0, 0.05) is 12.5 Å². The summed E-state index contributed by atoms with van der Waals surface area (Å²) < 4.78 is 6.81. The van der Waals surface area contributed by atoms with Gasteiger partial charge in [-0.2, -0.15) is 5.10 Å². The van der Waals surface area contributed by atoms with Crippen molar-refractivity contribution >= 4 is 5.91 Å². The van der Waals surface area contributed by atoms with E-state index in [4.69, 9.17) is 4.74 Å². The van der Waals surface area contributed by atoms with E-state index in [9.17, 15) is 9.90 Å². The molecule has 1 atom stereocenters. The molecular weight excluding hydrogens is 354 g/mol. The number of methoxy groups -OCH3 is 1. The Morgan fingerprint density at radius 1 is 1.21 bits per heavy atom. The summed E-state index contributed by atoms with van der Waals surface area (Å²) in [5.41, 5.74) is 2.99. The fourth-order valence-corrected chi connectivity index (χ4v) is 3.13. The molecule has 1 aliphatic rings. The van der Waals surface area contributed by atoms with E-state index in [2.05, 4.69) is 10.4 Å². The van der Waals surface area contributed by atoms with E-state index < -0.39 is 6.10 Å². The zero-order valence-electron chi connectivity index (χ0n) is 15.7. The van der Waals surface area contributed by atoms with E-state index in [1.807, 2.05) is 36.4 Å². The van der Waals surface area contributed by atoms with Crippen molar-refractivity contribution in [1.82, 2.24) is 15.1 Å². The van der Waals surface area contributed by atoms with Crippen molar-refractivity contribution in [2.75, 3.05) is 13.7 Å². The summed E-state index contributed by atoms with van der Waals surface area (Å²) in [5.74, 6) is 0.913. The lowest BCUT2D eigenvalue weighted by molar-refractivity contribution is 0.0908. The van der Waals surface area contributed by atoms with Gasteiger partial charge < -0.3 is 15.2 Å². The first-order chi connectivity index (χ1) is 13.7. The van der Waals surface area contributed by atoms with Crippen LogP contribution in [0, 0.1) is 0 Å². The number of aliphatic hydroxyl groups is 1. The van der Waals surface area contributed by atoms with Crippen molar-refractivity contribution in [2.24, 2.45) is 0 Å². The Balaban J connectivity index is 1.49. The van der Waals surface area contributed by atoms with E-state index in [1.54, 1.807) is 36.1 Å². The van der Waals surface area contributed by atoms with Gasteiger partial charge in [-0.25, -0.2) is 4.68 Å². The summed E-state index contributed by atoms with van der Waals surface area (Å²) in [5, 5.41) is 17.9. The number of hydrogen-bond acceptors (Lipinski definition) is 4. The lowest BCUT2D eigenvalue weighted by Gasteiger charge is -2.13. The lowest BCUT2D eigenvalue weighted by atomic mass is 10.1. The van der Waals surface area contributed by atoms with Gasteiger partial charge in [0.25, 0.3) is 5.91 Å². The van der Waals surface area contributed by atoms with Crippen molar-refractivity contribution in [3.63, 3.8) is 0 Å². The third kappa shape index (κ3) is 3.92. The van der Waals surface area contributed by atoms with Gasteiger partial charge in [0.1, 0.15) is 11.4 Å². The molecule has 0 spiro atoms. The van der Waals surface area contributed by atoms with Crippen LogP contribution in [-0.4, -0.2) is 34.4 Å². The number of aliphatic hydroxyl groups excluding tert-OH is 1. The summed E-state index contributed by atoms with van der Waals surface area (Å²) in [7, 11) is 1.59. The third-order valence-electron chi connectivity index (χ3n) is 4.91. The Hall–Kier alpha value is -3.12. The van der Waals surface area contributed by atoms with E-state index in [-0.39, 0.29) is 12.5 Å².